The average Bonchev–Trinajstić information content (AvgIpc) is 3.39. The number of rotatable bonds is 8. The van der Waals surface area contributed by atoms with Crippen LogP contribution in [-0.2, 0) is 19.4 Å². The monoisotopic (exact) mass is 633 g/mol. The number of piperidine rings is 1. The molecule has 0 saturated carbocycles. The standard InChI is InChI=1S/C30H34F3N5O5S/c1-3-42-27(39)23-17-29(18-35-23)12-14-38(15-13-29)24-16-25(37-28(34)36-24)43-26(30(31,32)33)21-6-4-19(5-7-21)20-8-10-22(11-9-20)44(2,40)41/h4-11,16,23,26,35H,3,12-15,17-18H2,1-2H3,(H2,34,36,37)/t23-,26+/m0/s1. The number of nitrogen functional groups attached to an aromatic ring is 1. The Balaban J connectivity index is 1.29. The Kier molecular flexibility index (Phi) is 8.76. The number of carbonyl (C=O) groups excluding carboxylic acids is 1. The highest BCUT2D eigenvalue weighted by Gasteiger charge is 2.45. The Bertz CT molecular complexity index is 1590. The van der Waals surface area contributed by atoms with Crippen molar-refractivity contribution in [1.82, 2.24) is 15.3 Å². The Morgan fingerprint density at radius 3 is 2.27 bits per heavy atom. The summed E-state index contributed by atoms with van der Waals surface area (Å²) in [6, 6.07) is 12.8. The highest BCUT2D eigenvalue weighted by molar-refractivity contribution is 7.90. The molecule has 2 aliphatic rings. The van der Waals surface area contributed by atoms with E-state index in [0.29, 0.717) is 49.6 Å². The van der Waals surface area contributed by atoms with Gasteiger partial charge in [0.1, 0.15) is 11.9 Å². The van der Waals surface area contributed by atoms with Crippen LogP contribution in [0.5, 0.6) is 5.88 Å². The fourth-order valence-electron chi connectivity index (χ4n) is 5.76. The molecular formula is C30H34F3N5O5S. The third kappa shape index (κ3) is 7.07. The summed E-state index contributed by atoms with van der Waals surface area (Å²) in [4.78, 5) is 22.4. The minimum absolute atomic E-state index is 0.0743. The zero-order valence-electron chi connectivity index (χ0n) is 24.3. The highest BCUT2D eigenvalue weighted by Crippen LogP contribution is 2.42. The maximum Gasteiger partial charge on any atom is 0.429 e. The van der Waals surface area contributed by atoms with Crippen LogP contribution >= 0.6 is 0 Å². The first-order valence-electron chi connectivity index (χ1n) is 14.2. The second-order valence-electron chi connectivity index (χ2n) is 11.3. The highest BCUT2D eigenvalue weighted by atomic mass is 32.2. The number of nitrogens with two attached hydrogens (primary N) is 1. The molecule has 236 valence electrons. The summed E-state index contributed by atoms with van der Waals surface area (Å²) in [6.45, 7) is 3.92. The number of aromatic nitrogens is 2. The largest absolute Gasteiger partial charge is 0.465 e. The lowest BCUT2D eigenvalue weighted by molar-refractivity contribution is -0.198. The molecule has 0 aliphatic carbocycles. The van der Waals surface area contributed by atoms with Gasteiger partial charge in [-0.3, -0.25) is 4.79 Å². The molecule has 2 aliphatic heterocycles. The van der Waals surface area contributed by atoms with E-state index in [4.69, 9.17) is 15.2 Å². The number of ether oxygens (including phenoxy) is 2. The molecule has 0 unspecified atom stereocenters. The van der Waals surface area contributed by atoms with Gasteiger partial charge in [-0.15, -0.1) is 0 Å². The molecule has 5 rings (SSSR count). The minimum Gasteiger partial charge on any atom is -0.465 e. The lowest BCUT2D eigenvalue weighted by atomic mass is 9.76. The SMILES string of the molecule is CCOC(=O)[C@@H]1CC2(CCN(c3cc(O[C@H](c4ccc(-c5ccc(S(C)(=O)=O)cc5)cc4)C(F)(F)F)nc(N)n3)CC2)CN1. The number of nitrogens with zero attached hydrogens (tertiary/aromatic N) is 3. The second-order valence-corrected chi connectivity index (χ2v) is 13.3. The first-order chi connectivity index (χ1) is 20.8. The van der Waals surface area contributed by atoms with Crippen LogP contribution in [-0.4, -0.2) is 69.1 Å². The van der Waals surface area contributed by atoms with E-state index in [1.165, 1.54) is 42.5 Å². The Hall–Kier alpha value is -3.91. The fraction of sp³-hybridized carbons (Fsp3) is 0.433. The number of carbonyl (C=O) groups is 1. The third-order valence-corrected chi connectivity index (χ3v) is 9.28. The van der Waals surface area contributed by atoms with Crippen molar-refractivity contribution in [3.63, 3.8) is 0 Å². The maximum atomic E-state index is 14.2. The van der Waals surface area contributed by atoms with Gasteiger partial charge in [0.05, 0.1) is 11.5 Å². The summed E-state index contributed by atoms with van der Waals surface area (Å²) in [5, 5.41) is 3.26. The van der Waals surface area contributed by atoms with Crippen LogP contribution < -0.4 is 20.7 Å². The number of alkyl halides is 3. The molecule has 2 fully saturated rings. The zero-order valence-corrected chi connectivity index (χ0v) is 25.1. The van der Waals surface area contributed by atoms with Crippen molar-refractivity contribution in [3.8, 4) is 17.0 Å². The summed E-state index contributed by atoms with van der Waals surface area (Å²) < 4.78 is 76.7. The van der Waals surface area contributed by atoms with Gasteiger partial charge in [-0.1, -0.05) is 36.4 Å². The summed E-state index contributed by atoms with van der Waals surface area (Å²) in [7, 11) is -3.37. The normalized spacial score (nSPS) is 19.1. The van der Waals surface area contributed by atoms with Gasteiger partial charge in [0.2, 0.25) is 17.9 Å². The van der Waals surface area contributed by atoms with E-state index < -0.39 is 22.1 Å². The number of hydrogen-bond acceptors (Lipinski definition) is 10. The molecule has 3 N–H and O–H groups in total. The van der Waals surface area contributed by atoms with Crippen LogP contribution in [0.2, 0.25) is 0 Å². The van der Waals surface area contributed by atoms with Gasteiger partial charge in [-0.05, 0) is 54.9 Å². The van der Waals surface area contributed by atoms with Gasteiger partial charge in [0.25, 0.3) is 0 Å². The van der Waals surface area contributed by atoms with Crippen molar-refractivity contribution in [2.24, 2.45) is 5.41 Å². The van der Waals surface area contributed by atoms with E-state index in [-0.39, 0.29) is 39.7 Å². The van der Waals surface area contributed by atoms with Crippen molar-refractivity contribution in [1.29, 1.82) is 0 Å². The van der Waals surface area contributed by atoms with Gasteiger partial charge >= 0.3 is 12.1 Å². The van der Waals surface area contributed by atoms with Gasteiger partial charge < -0.3 is 25.4 Å². The Morgan fingerprint density at radius 2 is 1.70 bits per heavy atom. The molecule has 2 saturated heterocycles. The Labute approximate surface area is 253 Å². The lowest BCUT2D eigenvalue weighted by Crippen LogP contribution is -2.41. The van der Waals surface area contributed by atoms with Crippen LogP contribution in [0.25, 0.3) is 11.1 Å². The van der Waals surface area contributed by atoms with Crippen LogP contribution in [0, 0.1) is 5.41 Å². The molecule has 14 heteroatoms. The first-order valence-corrected chi connectivity index (χ1v) is 16.1. The maximum absolute atomic E-state index is 14.2. The lowest BCUT2D eigenvalue weighted by Gasteiger charge is -2.39. The van der Waals surface area contributed by atoms with Crippen molar-refractivity contribution < 1.29 is 35.9 Å². The average molecular weight is 634 g/mol. The number of benzene rings is 2. The number of anilines is 2. The number of esters is 1. The molecule has 44 heavy (non-hydrogen) atoms. The van der Waals surface area contributed by atoms with Crippen molar-refractivity contribution in [2.75, 3.05) is 43.1 Å². The van der Waals surface area contributed by atoms with Crippen molar-refractivity contribution >= 4 is 27.6 Å². The molecule has 0 bridgehead atoms. The van der Waals surface area contributed by atoms with Gasteiger partial charge in [-0.25, -0.2) is 8.42 Å². The quantitative estimate of drug-likeness (QED) is 0.345. The van der Waals surface area contributed by atoms with E-state index in [1.807, 2.05) is 4.90 Å². The summed E-state index contributed by atoms with van der Waals surface area (Å²) in [5.74, 6) is -0.407. The second kappa shape index (κ2) is 12.2. The minimum atomic E-state index is -4.76. The molecule has 3 heterocycles. The van der Waals surface area contributed by atoms with Gasteiger partial charge in [0.15, 0.2) is 9.84 Å². The van der Waals surface area contributed by atoms with Crippen LogP contribution in [0.3, 0.4) is 0 Å². The molecule has 2 atom stereocenters. The molecule has 3 aromatic rings. The van der Waals surface area contributed by atoms with Gasteiger partial charge in [-0.2, -0.15) is 23.1 Å². The van der Waals surface area contributed by atoms with Crippen LogP contribution in [0.1, 0.15) is 37.9 Å². The summed E-state index contributed by atoms with van der Waals surface area (Å²) in [5.41, 5.74) is 6.94. The molecule has 0 amide bonds. The molecule has 10 nitrogen and oxygen atoms in total. The summed E-state index contributed by atoms with van der Waals surface area (Å²) >= 11 is 0. The van der Waals surface area contributed by atoms with E-state index in [2.05, 4.69) is 15.3 Å². The smallest absolute Gasteiger partial charge is 0.429 e. The molecule has 1 aromatic heterocycles. The molecular weight excluding hydrogens is 599 g/mol. The number of halogens is 3. The predicted octanol–water partition coefficient (Wildman–Crippen LogP) is 4.32. The predicted molar refractivity (Wildman–Crippen MR) is 158 cm³/mol. The number of nitrogens with one attached hydrogen (secondary N) is 1. The first kappa shape index (κ1) is 31.5. The van der Waals surface area contributed by atoms with Crippen LogP contribution in [0.4, 0.5) is 24.9 Å². The van der Waals surface area contributed by atoms with Crippen LogP contribution in [0.15, 0.2) is 59.5 Å². The van der Waals surface area contributed by atoms with E-state index in [9.17, 15) is 26.4 Å². The van der Waals surface area contributed by atoms with Crippen molar-refractivity contribution in [2.45, 2.75) is 49.4 Å². The summed E-state index contributed by atoms with van der Waals surface area (Å²) in [6.07, 6.45) is -3.81. The molecule has 2 aromatic carbocycles. The van der Waals surface area contributed by atoms with E-state index >= 15 is 0 Å². The van der Waals surface area contributed by atoms with Gasteiger partial charge in [0, 0.05) is 37.5 Å². The fourth-order valence-corrected chi connectivity index (χ4v) is 6.39. The van der Waals surface area contributed by atoms with E-state index in [0.717, 1.165) is 19.1 Å². The van der Waals surface area contributed by atoms with E-state index in [1.54, 1.807) is 19.1 Å². The molecule has 0 radical (unpaired) electrons. The molecule has 1 spiro atoms. The Morgan fingerprint density at radius 1 is 1.09 bits per heavy atom. The third-order valence-electron chi connectivity index (χ3n) is 8.15. The topological polar surface area (TPSA) is 137 Å². The number of sulfone groups is 1. The number of hydrogen-bond donors (Lipinski definition) is 2. The zero-order chi connectivity index (χ0) is 31.7. The van der Waals surface area contributed by atoms with Crippen molar-refractivity contribution in [3.05, 3.63) is 60.2 Å².